The molecular weight excluding hydrogens is 270 g/mol. The van der Waals surface area contributed by atoms with Gasteiger partial charge in [-0.2, -0.15) is 0 Å². The number of benzene rings is 2. The van der Waals surface area contributed by atoms with Crippen LogP contribution in [-0.2, 0) is 13.2 Å². The summed E-state index contributed by atoms with van der Waals surface area (Å²) in [7, 11) is 1.64. The molecule has 1 aliphatic heterocycles. The van der Waals surface area contributed by atoms with Crippen LogP contribution in [0.3, 0.4) is 0 Å². The van der Waals surface area contributed by atoms with E-state index in [-0.39, 0.29) is 6.79 Å². The second-order valence-corrected chi connectivity index (χ2v) is 4.65. The van der Waals surface area contributed by atoms with Crippen molar-refractivity contribution < 1.29 is 18.9 Å². The highest BCUT2D eigenvalue weighted by atomic mass is 16.7. The normalized spacial score (nSPS) is 12.3. The van der Waals surface area contributed by atoms with Crippen LogP contribution in [-0.4, -0.2) is 13.9 Å². The summed E-state index contributed by atoms with van der Waals surface area (Å²) in [6.07, 6.45) is 0. The van der Waals surface area contributed by atoms with Gasteiger partial charge in [-0.15, -0.1) is 0 Å². The molecule has 0 bridgehead atoms. The zero-order valence-corrected chi connectivity index (χ0v) is 11.8. The maximum Gasteiger partial charge on any atom is 0.231 e. The Labute approximate surface area is 123 Å². The molecule has 21 heavy (non-hydrogen) atoms. The monoisotopic (exact) mass is 287 g/mol. The topological polar surface area (TPSA) is 62.9 Å². The van der Waals surface area contributed by atoms with Crippen molar-refractivity contribution in [3.05, 3.63) is 47.5 Å². The molecule has 1 heterocycles. The van der Waals surface area contributed by atoms with Gasteiger partial charge in [0.05, 0.1) is 7.11 Å². The number of ether oxygens (including phenoxy) is 4. The third-order valence-corrected chi connectivity index (χ3v) is 3.33. The number of methoxy groups -OCH3 is 1. The minimum atomic E-state index is 0.237. The van der Waals surface area contributed by atoms with E-state index in [1.807, 2.05) is 36.4 Å². The minimum Gasteiger partial charge on any atom is -0.497 e. The highest BCUT2D eigenvalue weighted by Gasteiger charge is 2.17. The van der Waals surface area contributed by atoms with Crippen molar-refractivity contribution in [2.24, 2.45) is 5.73 Å². The van der Waals surface area contributed by atoms with E-state index in [1.165, 1.54) is 0 Å². The van der Waals surface area contributed by atoms with E-state index in [2.05, 4.69) is 0 Å². The molecular formula is C16H17NO4. The van der Waals surface area contributed by atoms with Crippen molar-refractivity contribution in [2.45, 2.75) is 13.2 Å². The fourth-order valence-corrected chi connectivity index (χ4v) is 2.14. The number of fused-ring (bicyclic) bond motifs is 1. The van der Waals surface area contributed by atoms with Gasteiger partial charge in [0, 0.05) is 18.2 Å². The van der Waals surface area contributed by atoms with Gasteiger partial charge in [-0.05, 0) is 23.8 Å². The van der Waals surface area contributed by atoms with Gasteiger partial charge >= 0.3 is 0 Å². The maximum absolute atomic E-state index is 5.86. The highest BCUT2D eigenvalue weighted by Crippen LogP contribution is 2.38. The number of nitrogens with two attached hydrogens (primary N) is 1. The largest absolute Gasteiger partial charge is 0.497 e. The summed E-state index contributed by atoms with van der Waals surface area (Å²) in [4.78, 5) is 0. The van der Waals surface area contributed by atoms with Gasteiger partial charge in [0.2, 0.25) is 6.79 Å². The maximum atomic E-state index is 5.86. The summed E-state index contributed by atoms with van der Waals surface area (Å²) in [6, 6.07) is 11.4. The summed E-state index contributed by atoms with van der Waals surface area (Å²) < 4.78 is 21.7. The molecule has 2 aromatic rings. The van der Waals surface area contributed by atoms with Gasteiger partial charge in [0.15, 0.2) is 11.5 Å². The van der Waals surface area contributed by atoms with Gasteiger partial charge in [-0.25, -0.2) is 0 Å². The molecule has 5 nitrogen and oxygen atoms in total. The van der Waals surface area contributed by atoms with Crippen LogP contribution in [0.15, 0.2) is 36.4 Å². The lowest BCUT2D eigenvalue weighted by Crippen LogP contribution is -2.03. The molecule has 0 atom stereocenters. The zero-order valence-electron chi connectivity index (χ0n) is 11.8. The van der Waals surface area contributed by atoms with Crippen molar-refractivity contribution in [3.8, 4) is 23.0 Å². The van der Waals surface area contributed by atoms with Crippen LogP contribution in [0, 0.1) is 0 Å². The number of hydrogen-bond acceptors (Lipinski definition) is 5. The molecule has 0 spiro atoms. The molecule has 0 aliphatic carbocycles. The Kier molecular flexibility index (Phi) is 3.83. The van der Waals surface area contributed by atoms with Crippen LogP contribution in [0.1, 0.15) is 11.1 Å². The van der Waals surface area contributed by atoms with E-state index in [4.69, 9.17) is 24.7 Å². The molecule has 0 saturated carbocycles. The Balaban J connectivity index is 1.74. The fraction of sp³-hybridized carbons (Fsp3) is 0.250. The lowest BCUT2D eigenvalue weighted by molar-refractivity contribution is 0.173. The Morgan fingerprint density at radius 3 is 2.48 bits per heavy atom. The SMILES string of the molecule is COc1ccc(COc2cc3c(cc2CN)OCO3)cc1. The average molecular weight is 287 g/mol. The molecule has 0 aromatic heterocycles. The van der Waals surface area contributed by atoms with Crippen molar-refractivity contribution in [3.63, 3.8) is 0 Å². The second-order valence-electron chi connectivity index (χ2n) is 4.65. The van der Waals surface area contributed by atoms with Crippen LogP contribution < -0.4 is 24.7 Å². The first kappa shape index (κ1) is 13.6. The molecule has 2 aromatic carbocycles. The van der Waals surface area contributed by atoms with Crippen LogP contribution in [0.25, 0.3) is 0 Å². The van der Waals surface area contributed by atoms with E-state index < -0.39 is 0 Å². The highest BCUT2D eigenvalue weighted by molar-refractivity contribution is 5.51. The van der Waals surface area contributed by atoms with Gasteiger partial charge in [0.25, 0.3) is 0 Å². The van der Waals surface area contributed by atoms with Gasteiger partial charge in [-0.3, -0.25) is 0 Å². The molecule has 3 rings (SSSR count). The predicted molar refractivity (Wildman–Crippen MR) is 77.8 cm³/mol. The molecule has 0 amide bonds. The van der Waals surface area contributed by atoms with Crippen molar-refractivity contribution in [2.75, 3.05) is 13.9 Å². The summed E-state index contributed by atoms with van der Waals surface area (Å²) >= 11 is 0. The Morgan fingerprint density at radius 2 is 1.81 bits per heavy atom. The Bertz CT molecular complexity index is 625. The first-order valence-corrected chi connectivity index (χ1v) is 6.68. The van der Waals surface area contributed by atoms with Crippen LogP contribution in [0.5, 0.6) is 23.0 Å². The van der Waals surface area contributed by atoms with Gasteiger partial charge < -0.3 is 24.7 Å². The summed E-state index contributed by atoms with van der Waals surface area (Å²) in [5.41, 5.74) is 7.71. The summed E-state index contributed by atoms with van der Waals surface area (Å²) in [5, 5.41) is 0. The van der Waals surface area contributed by atoms with E-state index >= 15 is 0 Å². The smallest absolute Gasteiger partial charge is 0.231 e. The standard InChI is InChI=1S/C16H17NO4/c1-18-13-4-2-11(3-5-13)9-19-14-7-16-15(20-10-21-16)6-12(14)8-17/h2-7H,8-10,17H2,1H3. The Morgan fingerprint density at radius 1 is 1.10 bits per heavy atom. The van der Waals surface area contributed by atoms with E-state index in [0.29, 0.717) is 24.7 Å². The quantitative estimate of drug-likeness (QED) is 0.915. The molecule has 2 N–H and O–H groups in total. The molecule has 0 radical (unpaired) electrons. The van der Waals surface area contributed by atoms with E-state index in [0.717, 1.165) is 22.6 Å². The van der Waals surface area contributed by atoms with Crippen LogP contribution in [0.2, 0.25) is 0 Å². The predicted octanol–water partition coefficient (Wildman–Crippen LogP) is 2.46. The molecule has 5 heteroatoms. The zero-order chi connectivity index (χ0) is 14.7. The lowest BCUT2D eigenvalue weighted by Gasteiger charge is -2.12. The van der Waals surface area contributed by atoms with Crippen LogP contribution in [0.4, 0.5) is 0 Å². The van der Waals surface area contributed by atoms with Gasteiger partial charge in [0.1, 0.15) is 18.1 Å². The summed E-state index contributed by atoms with van der Waals surface area (Å²) in [5.74, 6) is 2.95. The number of hydrogen-bond donors (Lipinski definition) is 1. The molecule has 110 valence electrons. The first-order chi connectivity index (χ1) is 10.3. The second kappa shape index (κ2) is 5.93. The molecule has 1 aliphatic rings. The molecule has 0 fully saturated rings. The third-order valence-electron chi connectivity index (χ3n) is 3.33. The van der Waals surface area contributed by atoms with Crippen molar-refractivity contribution in [1.82, 2.24) is 0 Å². The molecule has 0 unspecified atom stereocenters. The Hall–Kier alpha value is -2.40. The number of rotatable bonds is 5. The molecule has 0 saturated heterocycles. The van der Waals surface area contributed by atoms with Crippen molar-refractivity contribution in [1.29, 1.82) is 0 Å². The minimum absolute atomic E-state index is 0.237. The fourth-order valence-electron chi connectivity index (χ4n) is 2.14. The lowest BCUT2D eigenvalue weighted by atomic mass is 10.1. The average Bonchev–Trinajstić information content (AvgIpc) is 2.99. The van der Waals surface area contributed by atoms with E-state index in [9.17, 15) is 0 Å². The first-order valence-electron chi connectivity index (χ1n) is 6.68. The van der Waals surface area contributed by atoms with Gasteiger partial charge in [-0.1, -0.05) is 12.1 Å². The van der Waals surface area contributed by atoms with E-state index in [1.54, 1.807) is 7.11 Å². The summed E-state index contributed by atoms with van der Waals surface area (Å²) in [6.45, 7) is 1.08. The van der Waals surface area contributed by atoms with Crippen molar-refractivity contribution >= 4 is 0 Å². The third kappa shape index (κ3) is 2.87. The van der Waals surface area contributed by atoms with Crippen LogP contribution >= 0.6 is 0 Å².